The van der Waals surface area contributed by atoms with Crippen molar-refractivity contribution in [2.24, 2.45) is 0 Å². The van der Waals surface area contributed by atoms with Gasteiger partial charge < -0.3 is 19.9 Å². The van der Waals surface area contributed by atoms with Crippen molar-refractivity contribution >= 4 is 5.91 Å². The fraction of sp³-hybridized carbons (Fsp3) is 0.308. The highest BCUT2D eigenvalue weighted by molar-refractivity contribution is 5.78. The zero-order valence-corrected chi connectivity index (χ0v) is 18.9. The van der Waals surface area contributed by atoms with Gasteiger partial charge in [-0.3, -0.25) is 14.7 Å². The van der Waals surface area contributed by atoms with E-state index in [0.717, 1.165) is 44.0 Å². The number of morpholine rings is 1. The summed E-state index contributed by atoms with van der Waals surface area (Å²) in [4.78, 5) is 19.0. The number of phenols is 1. The third-order valence-electron chi connectivity index (χ3n) is 5.57. The van der Waals surface area contributed by atoms with Crippen LogP contribution in [0.1, 0.15) is 11.3 Å². The maximum Gasteiger partial charge on any atom is 0.226 e. The summed E-state index contributed by atoms with van der Waals surface area (Å²) in [5.74, 6) is 0.0440. The summed E-state index contributed by atoms with van der Waals surface area (Å²) in [6.45, 7) is 4.60. The van der Waals surface area contributed by atoms with Crippen molar-refractivity contribution in [3.63, 3.8) is 0 Å². The topological polar surface area (TPSA) is 83.9 Å². The van der Waals surface area contributed by atoms with Crippen LogP contribution in [0.3, 0.4) is 0 Å². The predicted molar refractivity (Wildman–Crippen MR) is 126 cm³/mol. The SMILES string of the molecule is O=C(Cc1ccc(-c2ccc(O)cc2)cn1)NCc1cc(F)cc(OCCN2CCOCC2)c1. The number of nitrogens with one attached hydrogen (secondary N) is 1. The first kappa shape index (κ1) is 23.7. The Morgan fingerprint density at radius 1 is 1.09 bits per heavy atom. The van der Waals surface area contributed by atoms with Gasteiger partial charge in [-0.05, 0) is 41.5 Å². The molecule has 0 saturated carbocycles. The van der Waals surface area contributed by atoms with Gasteiger partial charge in [-0.15, -0.1) is 0 Å². The Balaban J connectivity index is 1.25. The van der Waals surface area contributed by atoms with Crippen molar-refractivity contribution < 1.29 is 23.8 Å². The number of aromatic nitrogens is 1. The molecule has 4 rings (SSSR count). The Labute approximate surface area is 198 Å². The first-order valence-corrected chi connectivity index (χ1v) is 11.3. The van der Waals surface area contributed by atoms with E-state index in [2.05, 4.69) is 15.2 Å². The van der Waals surface area contributed by atoms with E-state index < -0.39 is 5.82 Å². The van der Waals surface area contributed by atoms with Crippen LogP contribution in [-0.4, -0.2) is 60.4 Å². The van der Waals surface area contributed by atoms with Crippen LogP contribution in [0.4, 0.5) is 4.39 Å². The summed E-state index contributed by atoms with van der Waals surface area (Å²) >= 11 is 0. The summed E-state index contributed by atoms with van der Waals surface area (Å²) in [6, 6.07) is 15.0. The molecule has 1 aromatic heterocycles. The first-order valence-electron chi connectivity index (χ1n) is 11.3. The molecule has 2 heterocycles. The van der Waals surface area contributed by atoms with E-state index >= 15 is 0 Å². The molecule has 178 valence electrons. The number of rotatable bonds is 9. The summed E-state index contributed by atoms with van der Waals surface area (Å²) in [6.07, 6.45) is 1.82. The maximum absolute atomic E-state index is 14.0. The van der Waals surface area contributed by atoms with Gasteiger partial charge in [-0.2, -0.15) is 0 Å². The van der Waals surface area contributed by atoms with E-state index in [-0.39, 0.29) is 24.6 Å². The zero-order valence-electron chi connectivity index (χ0n) is 18.9. The van der Waals surface area contributed by atoms with E-state index in [1.807, 2.05) is 6.07 Å². The Hall–Kier alpha value is -3.49. The quantitative estimate of drug-likeness (QED) is 0.505. The highest BCUT2D eigenvalue weighted by Crippen LogP contribution is 2.21. The smallest absolute Gasteiger partial charge is 0.226 e. The van der Waals surface area contributed by atoms with Crippen molar-refractivity contribution in [3.8, 4) is 22.6 Å². The number of ether oxygens (including phenoxy) is 2. The van der Waals surface area contributed by atoms with Gasteiger partial charge in [0.2, 0.25) is 5.91 Å². The third kappa shape index (κ3) is 7.00. The molecule has 1 aliphatic heterocycles. The zero-order chi connectivity index (χ0) is 23.8. The number of halogens is 1. The molecule has 3 aromatic rings. The first-order chi connectivity index (χ1) is 16.5. The van der Waals surface area contributed by atoms with E-state index in [1.165, 1.54) is 12.1 Å². The number of phenolic OH excluding ortho intramolecular Hbond substituents is 1. The van der Waals surface area contributed by atoms with Gasteiger partial charge >= 0.3 is 0 Å². The van der Waals surface area contributed by atoms with Crippen molar-refractivity contribution in [1.29, 1.82) is 0 Å². The average Bonchev–Trinajstić information content (AvgIpc) is 2.84. The molecule has 1 fully saturated rings. The molecule has 0 atom stereocenters. The van der Waals surface area contributed by atoms with Crippen LogP contribution in [0.2, 0.25) is 0 Å². The molecule has 0 aliphatic carbocycles. The van der Waals surface area contributed by atoms with Gasteiger partial charge in [-0.1, -0.05) is 18.2 Å². The molecule has 7 nitrogen and oxygen atoms in total. The Kier molecular flexibility index (Phi) is 8.06. The van der Waals surface area contributed by atoms with Crippen LogP contribution in [0.25, 0.3) is 11.1 Å². The number of nitrogens with zero attached hydrogens (tertiary/aromatic N) is 2. The van der Waals surface area contributed by atoms with Crippen LogP contribution in [0, 0.1) is 5.82 Å². The van der Waals surface area contributed by atoms with Gasteiger partial charge in [0.1, 0.15) is 23.9 Å². The number of pyridine rings is 1. The number of carbonyl (C=O) groups is 1. The molecule has 8 heteroatoms. The van der Waals surface area contributed by atoms with Gasteiger partial charge in [0.25, 0.3) is 0 Å². The Morgan fingerprint density at radius 2 is 1.85 bits per heavy atom. The average molecular weight is 466 g/mol. The molecule has 0 bridgehead atoms. The van der Waals surface area contributed by atoms with Gasteiger partial charge in [0.05, 0.1) is 19.6 Å². The minimum absolute atomic E-state index is 0.119. The number of amides is 1. The lowest BCUT2D eigenvalue weighted by Gasteiger charge is -2.26. The molecular formula is C26H28FN3O4. The second kappa shape index (κ2) is 11.6. The second-order valence-electron chi connectivity index (χ2n) is 8.14. The lowest BCUT2D eigenvalue weighted by atomic mass is 10.1. The monoisotopic (exact) mass is 465 g/mol. The van der Waals surface area contributed by atoms with E-state index in [1.54, 1.807) is 42.6 Å². The largest absolute Gasteiger partial charge is 0.508 e. The van der Waals surface area contributed by atoms with Crippen LogP contribution in [-0.2, 0) is 22.5 Å². The van der Waals surface area contributed by atoms with Crippen molar-refractivity contribution in [2.75, 3.05) is 39.5 Å². The summed E-state index contributed by atoms with van der Waals surface area (Å²) < 4.78 is 25.1. The molecule has 2 N–H and O–H groups in total. The molecule has 0 radical (unpaired) electrons. The third-order valence-corrected chi connectivity index (χ3v) is 5.57. The van der Waals surface area contributed by atoms with E-state index in [9.17, 15) is 14.3 Å². The summed E-state index contributed by atoms with van der Waals surface area (Å²) in [5, 5.41) is 12.2. The maximum atomic E-state index is 14.0. The van der Waals surface area contributed by atoms with Crippen molar-refractivity contribution in [3.05, 3.63) is 77.9 Å². The summed E-state index contributed by atoms with van der Waals surface area (Å²) in [7, 11) is 0. The van der Waals surface area contributed by atoms with Crippen molar-refractivity contribution in [2.45, 2.75) is 13.0 Å². The molecule has 1 aliphatic rings. The molecule has 34 heavy (non-hydrogen) atoms. The molecule has 0 spiro atoms. The molecular weight excluding hydrogens is 437 g/mol. The number of hydrogen-bond donors (Lipinski definition) is 2. The lowest BCUT2D eigenvalue weighted by Crippen LogP contribution is -2.38. The highest BCUT2D eigenvalue weighted by atomic mass is 19.1. The Morgan fingerprint density at radius 3 is 2.59 bits per heavy atom. The highest BCUT2D eigenvalue weighted by Gasteiger charge is 2.11. The fourth-order valence-electron chi connectivity index (χ4n) is 3.70. The predicted octanol–water partition coefficient (Wildman–Crippen LogP) is 3.16. The van der Waals surface area contributed by atoms with Gasteiger partial charge in [-0.25, -0.2) is 4.39 Å². The standard InChI is InChI=1S/C26H28FN3O4/c27-22-13-19(14-25(15-22)34-12-9-30-7-10-33-11-8-30)17-29-26(32)16-23-4-1-21(18-28-23)20-2-5-24(31)6-3-20/h1-6,13-15,18,31H,7-12,16-17H2,(H,29,32). The fourth-order valence-corrected chi connectivity index (χ4v) is 3.70. The van der Waals surface area contributed by atoms with Gasteiger partial charge in [0.15, 0.2) is 0 Å². The van der Waals surface area contributed by atoms with Crippen molar-refractivity contribution in [1.82, 2.24) is 15.2 Å². The number of hydrogen-bond acceptors (Lipinski definition) is 6. The van der Waals surface area contributed by atoms with Crippen LogP contribution in [0.5, 0.6) is 11.5 Å². The minimum Gasteiger partial charge on any atom is -0.508 e. The number of aromatic hydroxyl groups is 1. The van der Waals surface area contributed by atoms with Crippen LogP contribution >= 0.6 is 0 Å². The minimum atomic E-state index is -0.403. The van der Waals surface area contributed by atoms with Crippen LogP contribution in [0.15, 0.2) is 60.8 Å². The van der Waals surface area contributed by atoms with Crippen LogP contribution < -0.4 is 10.1 Å². The van der Waals surface area contributed by atoms with E-state index in [0.29, 0.717) is 23.6 Å². The lowest BCUT2D eigenvalue weighted by molar-refractivity contribution is -0.120. The molecule has 1 saturated heterocycles. The number of benzene rings is 2. The molecule has 2 aromatic carbocycles. The Bertz CT molecular complexity index is 1080. The molecule has 1 amide bonds. The summed E-state index contributed by atoms with van der Waals surface area (Å²) in [5.41, 5.74) is 3.08. The van der Waals surface area contributed by atoms with Gasteiger partial charge in [0, 0.05) is 49.7 Å². The molecule has 0 unspecified atom stereocenters. The number of carbonyl (C=O) groups excluding carboxylic acids is 1. The second-order valence-corrected chi connectivity index (χ2v) is 8.14. The normalized spacial score (nSPS) is 14.0. The van der Waals surface area contributed by atoms with E-state index in [4.69, 9.17) is 9.47 Å².